The third-order valence-electron chi connectivity index (χ3n) is 3.62. The average Bonchev–Trinajstić information content (AvgIpc) is 3.18. The van der Waals surface area contributed by atoms with Gasteiger partial charge in [0.1, 0.15) is 6.04 Å². The minimum atomic E-state index is -4.66. The summed E-state index contributed by atoms with van der Waals surface area (Å²) in [5.41, 5.74) is -0.246. The Bertz CT molecular complexity index is 582. The topological polar surface area (TPSA) is 66.4 Å². The lowest BCUT2D eigenvalue weighted by Gasteiger charge is -2.21. The van der Waals surface area contributed by atoms with Crippen LogP contribution in [0.25, 0.3) is 0 Å². The summed E-state index contributed by atoms with van der Waals surface area (Å²) in [6.07, 6.45) is -5.28. The van der Waals surface area contributed by atoms with Crippen LogP contribution in [-0.4, -0.2) is 29.2 Å². The minimum absolute atomic E-state index is 0.485. The average molecular weight is 380 g/mol. The smallest absolute Gasteiger partial charge is 0.391 e. The van der Waals surface area contributed by atoms with E-state index in [9.17, 15) is 22.8 Å². The van der Waals surface area contributed by atoms with Gasteiger partial charge in [0.05, 0.1) is 11.8 Å². The van der Waals surface area contributed by atoms with Crippen molar-refractivity contribution in [1.29, 1.82) is 0 Å². The monoisotopic (exact) mass is 379 g/mol. The number of hydrogen-bond donors (Lipinski definition) is 2. The van der Waals surface area contributed by atoms with Gasteiger partial charge >= 0.3 is 12.1 Å². The van der Waals surface area contributed by atoms with E-state index in [1.807, 2.05) is 5.32 Å². The maximum Gasteiger partial charge on any atom is 0.391 e. The van der Waals surface area contributed by atoms with Crippen LogP contribution in [0.5, 0.6) is 0 Å². The number of carboxylic acid groups (broad SMARTS) is 1. The molecule has 2 N–H and O–H groups in total. The molecule has 1 aliphatic carbocycles. The van der Waals surface area contributed by atoms with Crippen LogP contribution in [0.1, 0.15) is 24.8 Å². The summed E-state index contributed by atoms with van der Waals surface area (Å²) in [6, 6.07) is 4.90. The van der Waals surface area contributed by atoms with E-state index in [-0.39, 0.29) is 0 Å². The molecule has 1 aromatic rings. The summed E-state index contributed by atoms with van der Waals surface area (Å²) >= 11 is 3.26. The number of halogens is 4. The van der Waals surface area contributed by atoms with E-state index in [0.29, 0.717) is 18.4 Å². The molecule has 120 valence electrons. The zero-order chi connectivity index (χ0) is 16.5. The Morgan fingerprint density at radius 2 is 1.82 bits per heavy atom. The molecule has 1 fully saturated rings. The second-order valence-electron chi connectivity index (χ2n) is 5.27. The highest BCUT2D eigenvalue weighted by molar-refractivity contribution is 9.10. The van der Waals surface area contributed by atoms with Crippen molar-refractivity contribution < 1.29 is 27.9 Å². The molecular weight excluding hydrogens is 367 g/mol. The van der Waals surface area contributed by atoms with E-state index in [1.54, 1.807) is 24.3 Å². The van der Waals surface area contributed by atoms with Crippen molar-refractivity contribution in [1.82, 2.24) is 5.32 Å². The molecule has 1 aromatic carbocycles. The van der Waals surface area contributed by atoms with Crippen LogP contribution in [-0.2, 0) is 15.0 Å². The first-order valence-corrected chi connectivity index (χ1v) is 7.30. The van der Waals surface area contributed by atoms with E-state index in [0.717, 1.165) is 4.47 Å². The molecule has 0 radical (unpaired) electrons. The van der Waals surface area contributed by atoms with Crippen molar-refractivity contribution in [2.45, 2.75) is 36.9 Å². The Balaban J connectivity index is 2.13. The predicted molar refractivity (Wildman–Crippen MR) is 75.3 cm³/mol. The van der Waals surface area contributed by atoms with Gasteiger partial charge in [-0.25, -0.2) is 4.79 Å². The third-order valence-corrected chi connectivity index (χ3v) is 4.15. The first kappa shape index (κ1) is 16.8. The fourth-order valence-corrected chi connectivity index (χ4v) is 2.53. The van der Waals surface area contributed by atoms with Gasteiger partial charge in [-0.1, -0.05) is 28.1 Å². The molecule has 0 aromatic heterocycles. The van der Waals surface area contributed by atoms with Gasteiger partial charge < -0.3 is 10.4 Å². The molecular formula is C14H13BrF3NO3. The van der Waals surface area contributed by atoms with Crippen molar-refractivity contribution >= 4 is 27.8 Å². The second-order valence-corrected chi connectivity index (χ2v) is 6.19. The molecule has 4 nitrogen and oxygen atoms in total. The van der Waals surface area contributed by atoms with Crippen LogP contribution in [0, 0.1) is 0 Å². The van der Waals surface area contributed by atoms with Crippen molar-refractivity contribution in [2.24, 2.45) is 0 Å². The van der Waals surface area contributed by atoms with Crippen LogP contribution in [0.3, 0.4) is 0 Å². The van der Waals surface area contributed by atoms with Crippen LogP contribution in [0.15, 0.2) is 28.7 Å². The van der Waals surface area contributed by atoms with Gasteiger partial charge in [0.15, 0.2) is 0 Å². The SMILES string of the molecule is O=C(O)C(CC(F)(F)F)NC(=O)C1(c2ccc(Br)cc2)CC1. The predicted octanol–water partition coefficient (Wildman–Crippen LogP) is 3.00. The lowest BCUT2D eigenvalue weighted by atomic mass is 9.94. The highest BCUT2D eigenvalue weighted by atomic mass is 79.9. The zero-order valence-corrected chi connectivity index (χ0v) is 12.9. The van der Waals surface area contributed by atoms with Crippen molar-refractivity contribution in [3.8, 4) is 0 Å². The van der Waals surface area contributed by atoms with Gasteiger partial charge in [-0.05, 0) is 30.5 Å². The number of benzene rings is 1. The van der Waals surface area contributed by atoms with Crippen molar-refractivity contribution in [2.75, 3.05) is 0 Å². The highest BCUT2D eigenvalue weighted by Crippen LogP contribution is 2.48. The molecule has 1 amide bonds. The molecule has 1 atom stereocenters. The van der Waals surface area contributed by atoms with Gasteiger partial charge in [-0.3, -0.25) is 4.79 Å². The molecule has 1 aliphatic rings. The number of hydrogen-bond acceptors (Lipinski definition) is 2. The van der Waals surface area contributed by atoms with Gasteiger partial charge in [0.2, 0.25) is 5.91 Å². The summed E-state index contributed by atoms with van der Waals surface area (Å²) in [7, 11) is 0. The van der Waals surface area contributed by atoms with Gasteiger partial charge in [-0.15, -0.1) is 0 Å². The molecule has 0 bridgehead atoms. The maximum absolute atomic E-state index is 12.4. The van der Waals surface area contributed by atoms with E-state index in [1.165, 1.54) is 0 Å². The van der Waals surface area contributed by atoms with Gasteiger partial charge in [0.25, 0.3) is 0 Å². The molecule has 1 saturated carbocycles. The molecule has 22 heavy (non-hydrogen) atoms. The Hall–Kier alpha value is -1.57. The number of carbonyl (C=O) groups excluding carboxylic acids is 1. The van der Waals surface area contributed by atoms with E-state index in [4.69, 9.17) is 5.11 Å². The summed E-state index contributed by atoms with van der Waals surface area (Å²) in [5, 5.41) is 10.9. The first-order chi connectivity index (χ1) is 10.1. The van der Waals surface area contributed by atoms with Crippen molar-refractivity contribution in [3.63, 3.8) is 0 Å². The largest absolute Gasteiger partial charge is 0.480 e. The standard InChI is InChI=1S/C14H13BrF3NO3/c15-9-3-1-8(2-4-9)13(5-6-13)12(22)19-10(11(20)21)7-14(16,17)18/h1-4,10H,5-7H2,(H,19,22)(H,20,21). The fourth-order valence-electron chi connectivity index (χ4n) is 2.27. The van der Waals surface area contributed by atoms with E-state index in [2.05, 4.69) is 15.9 Å². The molecule has 0 spiro atoms. The lowest BCUT2D eigenvalue weighted by molar-refractivity contribution is -0.160. The first-order valence-electron chi connectivity index (χ1n) is 6.51. The Morgan fingerprint density at radius 1 is 1.27 bits per heavy atom. The molecule has 2 rings (SSSR count). The van der Waals surface area contributed by atoms with Crippen LogP contribution in [0.4, 0.5) is 13.2 Å². The Labute approximate surface area is 132 Å². The van der Waals surface area contributed by atoms with Crippen molar-refractivity contribution in [3.05, 3.63) is 34.3 Å². The van der Waals surface area contributed by atoms with Crippen LogP contribution < -0.4 is 5.32 Å². The summed E-state index contributed by atoms with van der Waals surface area (Å²) < 4.78 is 37.9. The van der Waals surface area contributed by atoms with Gasteiger partial charge in [0, 0.05) is 4.47 Å². The van der Waals surface area contributed by atoms with E-state index >= 15 is 0 Å². The number of nitrogens with one attached hydrogen (secondary N) is 1. The van der Waals surface area contributed by atoms with E-state index < -0.39 is 35.9 Å². The molecule has 1 unspecified atom stereocenters. The number of carbonyl (C=O) groups is 2. The summed E-state index contributed by atoms with van der Waals surface area (Å²) in [5.74, 6) is -2.37. The lowest BCUT2D eigenvalue weighted by Crippen LogP contribution is -2.47. The van der Waals surface area contributed by atoms with Gasteiger partial charge in [-0.2, -0.15) is 13.2 Å². The second kappa shape index (κ2) is 5.91. The molecule has 8 heteroatoms. The molecule has 0 heterocycles. The number of amides is 1. The zero-order valence-electron chi connectivity index (χ0n) is 11.3. The Morgan fingerprint density at radius 3 is 2.23 bits per heavy atom. The number of alkyl halides is 3. The number of rotatable bonds is 5. The van der Waals surface area contributed by atoms with Crippen LogP contribution >= 0.6 is 15.9 Å². The number of aliphatic carboxylic acids is 1. The fraction of sp³-hybridized carbons (Fsp3) is 0.429. The molecule has 0 saturated heterocycles. The Kier molecular flexibility index (Phi) is 4.51. The quantitative estimate of drug-likeness (QED) is 0.826. The summed E-state index contributed by atoms with van der Waals surface area (Å²) in [4.78, 5) is 23.2. The molecule has 0 aliphatic heterocycles. The summed E-state index contributed by atoms with van der Waals surface area (Å²) in [6.45, 7) is 0. The number of carboxylic acids is 1. The normalized spacial score (nSPS) is 17.6. The highest BCUT2D eigenvalue weighted by Gasteiger charge is 2.52. The maximum atomic E-state index is 12.4. The van der Waals surface area contributed by atoms with Crippen LogP contribution in [0.2, 0.25) is 0 Å². The third kappa shape index (κ3) is 3.79. The minimum Gasteiger partial charge on any atom is -0.480 e.